The standard InChI is InChI=1S/C12H22N4.ClH/c1-4-16-9-12(6-14-16)8-15-7-10(2)13-5-11(15)3;/h6,9-11,13H,4-5,7-8H2,1-3H3;1H. The van der Waals surface area contributed by atoms with Crippen molar-refractivity contribution in [3.63, 3.8) is 0 Å². The van der Waals surface area contributed by atoms with E-state index in [2.05, 4.69) is 42.3 Å². The molecule has 1 saturated heterocycles. The monoisotopic (exact) mass is 258 g/mol. The third kappa shape index (κ3) is 3.69. The highest BCUT2D eigenvalue weighted by atomic mass is 35.5. The number of aromatic nitrogens is 2. The molecule has 1 aromatic rings. The van der Waals surface area contributed by atoms with Gasteiger partial charge in [-0.2, -0.15) is 5.10 Å². The summed E-state index contributed by atoms with van der Waals surface area (Å²) in [5.41, 5.74) is 1.32. The van der Waals surface area contributed by atoms with Gasteiger partial charge in [0, 0.05) is 50.0 Å². The topological polar surface area (TPSA) is 33.1 Å². The Kier molecular flexibility index (Phi) is 5.43. The highest BCUT2D eigenvalue weighted by Gasteiger charge is 2.22. The summed E-state index contributed by atoms with van der Waals surface area (Å²) in [4.78, 5) is 2.53. The lowest BCUT2D eigenvalue weighted by Gasteiger charge is -2.37. The first-order chi connectivity index (χ1) is 7.69. The van der Waals surface area contributed by atoms with Crippen LogP contribution in [0.5, 0.6) is 0 Å². The number of aryl methyl sites for hydroxylation is 1. The first-order valence-electron chi connectivity index (χ1n) is 6.17. The molecule has 1 aliphatic rings. The third-order valence-corrected chi connectivity index (χ3v) is 3.29. The SMILES string of the molecule is CCn1cc(CN2CC(C)NCC2C)cn1.Cl. The van der Waals surface area contributed by atoms with Gasteiger partial charge in [0.25, 0.3) is 0 Å². The molecule has 4 nitrogen and oxygen atoms in total. The van der Waals surface area contributed by atoms with E-state index in [1.807, 2.05) is 10.9 Å². The van der Waals surface area contributed by atoms with Gasteiger partial charge in [-0.15, -0.1) is 12.4 Å². The van der Waals surface area contributed by atoms with E-state index in [1.165, 1.54) is 5.56 Å². The van der Waals surface area contributed by atoms with Crippen molar-refractivity contribution < 1.29 is 0 Å². The molecular weight excluding hydrogens is 236 g/mol. The largest absolute Gasteiger partial charge is 0.311 e. The molecule has 0 saturated carbocycles. The minimum atomic E-state index is 0. The molecule has 2 atom stereocenters. The minimum absolute atomic E-state index is 0. The lowest BCUT2D eigenvalue weighted by molar-refractivity contribution is 0.139. The van der Waals surface area contributed by atoms with E-state index < -0.39 is 0 Å². The summed E-state index contributed by atoms with van der Waals surface area (Å²) in [6.45, 7) is 10.8. The summed E-state index contributed by atoms with van der Waals surface area (Å²) in [5.74, 6) is 0. The van der Waals surface area contributed by atoms with Gasteiger partial charge >= 0.3 is 0 Å². The Balaban J connectivity index is 0.00000144. The van der Waals surface area contributed by atoms with E-state index in [4.69, 9.17) is 0 Å². The molecule has 0 radical (unpaired) electrons. The van der Waals surface area contributed by atoms with Crippen molar-refractivity contribution in [3.8, 4) is 0 Å². The molecular formula is C12H23ClN4. The zero-order valence-electron chi connectivity index (χ0n) is 10.9. The minimum Gasteiger partial charge on any atom is -0.311 e. The van der Waals surface area contributed by atoms with Crippen LogP contribution in [0, 0.1) is 0 Å². The van der Waals surface area contributed by atoms with E-state index in [9.17, 15) is 0 Å². The second-order valence-corrected chi connectivity index (χ2v) is 4.79. The Morgan fingerprint density at radius 1 is 1.47 bits per heavy atom. The fourth-order valence-corrected chi connectivity index (χ4v) is 2.21. The van der Waals surface area contributed by atoms with E-state index in [1.54, 1.807) is 0 Å². The van der Waals surface area contributed by atoms with Gasteiger partial charge in [-0.05, 0) is 20.8 Å². The van der Waals surface area contributed by atoms with E-state index in [-0.39, 0.29) is 12.4 Å². The second kappa shape index (κ2) is 6.38. The molecule has 98 valence electrons. The van der Waals surface area contributed by atoms with Crippen molar-refractivity contribution in [2.75, 3.05) is 13.1 Å². The van der Waals surface area contributed by atoms with Crippen LogP contribution >= 0.6 is 12.4 Å². The van der Waals surface area contributed by atoms with Crippen molar-refractivity contribution in [1.29, 1.82) is 0 Å². The summed E-state index contributed by atoms with van der Waals surface area (Å²) in [6.07, 6.45) is 4.14. The van der Waals surface area contributed by atoms with Gasteiger partial charge in [0.2, 0.25) is 0 Å². The van der Waals surface area contributed by atoms with Crippen molar-refractivity contribution in [2.24, 2.45) is 0 Å². The van der Waals surface area contributed by atoms with Crippen LogP contribution in [-0.2, 0) is 13.1 Å². The quantitative estimate of drug-likeness (QED) is 0.892. The van der Waals surface area contributed by atoms with Gasteiger partial charge in [-0.3, -0.25) is 9.58 Å². The van der Waals surface area contributed by atoms with Crippen molar-refractivity contribution in [2.45, 2.75) is 45.9 Å². The number of hydrogen-bond acceptors (Lipinski definition) is 3. The molecule has 0 spiro atoms. The Morgan fingerprint density at radius 2 is 2.24 bits per heavy atom. The molecule has 2 unspecified atom stereocenters. The van der Waals surface area contributed by atoms with Crippen LogP contribution in [0.15, 0.2) is 12.4 Å². The molecule has 0 amide bonds. The van der Waals surface area contributed by atoms with Crippen molar-refractivity contribution in [1.82, 2.24) is 20.0 Å². The lowest BCUT2D eigenvalue weighted by atomic mass is 10.1. The Hall–Kier alpha value is -0.580. The normalized spacial score (nSPS) is 25.6. The van der Waals surface area contributed by atoms with Crippen LogP contribution in [0.2, 0.25) is 0 Å². The summed E-state index contributed by atoms with van der Waals surface area (Å²) in [6, 6.07) is 1.21. The van der Waals surface area contributed by atoms with Crippen molar-refractivity contribution in [3.05, 3.63) is 18.0 Å². The van der Waals surface area contributed by atoms with Gasteiger partial charge in [0.15, 0.2) is 0 Å². The number of halogens is 1. The van der Waals surface area contributed by atoms with Crippen LogP contribution < -0.4 is 5.32 Å². The number of piperazine rings is 1. The van der Waals surface area contributed by atoms with Gasteiger partial charge < -0.3 is 5.32 Å². The Bertz CT molecular complexity index is 339. The van der Waals surface area contributed by atoms with Crippen LogP contribution in [0.3, 0.4) is 0 Å². The zero-order chi connectivity index (χ0) is 11.5. The number of rotatable bonds is 3. The van der Waals surface area contributed by atoms with Gasteiger partial charge in [-0.1, -0.05) is 0 Å². The average Bonchev–Trinajstić information content (AvgIpc) is 2.71. The predicted molar refractivity (Wildman–Crippen MR) is 72.5 cm³/mol. The summed E-state index contributed by atoms with van der Waals surface area (Å²) < 4.78 is 1.99. The van der Waals surface area contributed by atoms with Crippen molar-refractivity contribution >= 4 is 12.4 Å². The van der Waals surface area contributed by atoms with Crippen LogP contribution in [-0.4, -0.2) is 39.9 Å². The second-order valence-electron chi connectivity index (χ2n) is 4.79. The Labute approximate surface area is 110 Å². The number of nitrogens with zero attached hydrogens (tertiary/aromatic N) is 3. The third-order valence-electron chi connectivity index (χ3n) is 3.29. The molecule has 5 heteroatoms. The van der Waals surface area contributed by atoms with E-state index >= 15 is 0 Å². The van der Waals surface area contributed by atoms with E-state index in [0.717, 1.165) is 26.2 Å². The number of nitrogens with one attached hydrogen (secondary N) is 1. The van der Waals surface area contributed by atoms with Gasteiger partial charge in [0.1, 0.15) is 0 Å². The fourth-order valence-electron chi connectivity index (χ4n) is 2.21. The first-order valence-corrected chi connectivity index (χ1v) is 6.17. The molecule has 1 aromatic heterocycles. The predicted octanol–water partition coefficient (Wildman–Crippen LogP) is 1.51. The fraction of sp³-hybridized carbons (Fsp3) is 0.750. The van der Waals surface area contributed by atoms with Crippen LogP contribution in [0.1, 0.15) is 26.3 Å². The number of hydrogen-bond donors (Lipinski definition) is 1. The maximum Gasteiger partial charge on any atom is 0.0534 e. The summed E-state index contributed by atoms with van der Waals surface area (Å²) in [7, 11) is 0. The molecule has 17 heavy (non-hydrogen) atoms. The van der Waals surface area contributed by atoms with E-state index in [0.29, 0.717) is 12.1 Å². The highest BCUT2D eigenvalue weighted by Crippen LogP contribution is 2.11. The Morgan fingerprint density at radius 3 is 2.88 bits per heavy atom. The van der Waals surface area contributed by atoms with Crippen LogP contribution in [0.4, 0.5) is 0 Å². The lowest BCUT2D eigenvalue weighted by Crippen LogP contribution is -2.53. The molecule has 0 aliphatic carbocycles. The first kappa shape index (κ1) is 14.5. The molecule has 1 aliphatic heterocycles. The summed E-state index contributed by atoms with van der Waals surface area (Å²) in [5, 5.41) is 7.82. The zero-order valence-corrected chi connectivity index (χ0v) is 11.7. The van der Waals surface area contributed by atoms with Gasteiger partial charge in [0.05, 0.1) is 6.20 Å². The average molecular weight is 259 g/mol. The molecule has 2 heterocycles. The molecule has 1 N–H and O–H groups in total. The van der Waals surface area contributed by atoms with Gasteiger partial charge in [-0.25, -0.2) is 0 Å². The molecule has 0 aromatic carbocycles. The molecule has 0 bridgehead atoms. The summed E-state index contributed by atoms with van der Waals surface area (Å²) >= 11 is 0. The van der Waals surface area contributed by atoms with Crippen LogP contribution in [0.25, 0.3) is 0 Å². The maximum atomic E-state index is 4.32. The molecule has 2 rings (SSSR count). The molecule has 1 fully saturated rings. The maximum absolute atomic E-state index is 4.32. The smallest absolute Gasteiger partial charge is 0.0534 e. The highest BCUT2D eigenvalue weighted by molar-refractivity contribution is 5.85.